The van der Waals surface area contributed by atoms with Gasteiger partial charge < -0.3 is 9.84 Å². The maximum absolute atomic E-state index is 15.0. The number of thiazole rings is 1. The van der Waals surface area contributed by atoms with Crippen LogP contribution in [0.25, 0.3) is 16.4 Å². The van der Waals surface area contributed by atoms with E-state index in [-0.39, 0.29) is 17.9 Å². The fourth-order valence-corrected chi connectivity index (χ4v) is 6.24. The van der Waals surface area contributed by atoms with Crippen molar-refractivity contribution in [3.8, 4) is 27.9 Å². The van der Waals surface area contributed by atoms with Crippen LogP contribution in [0.5, 0.6) is 11.5 Å². The molecule has 44 heavy (non-hydrogen) atoms. The first-order valence-electron chi connectivity index (χ1n) is 13.6. The molecule has 3 aromatic carbocycles. The zero-order chi connectivity index (χ0) is 31.2. The molecular formula is C31H26F2N4O5S2. The summed E-state index contributed by atoms with van der Waals surface area (Å²) < 4.78 is 60.9. The lowest BCUT2D eigenvalue weighted by molar-refractivity contribution is 0.0691. The molecule has 13 heteroatoms. The lowest BCUT2D eigenvalue weighted by Gasteiger charge is -2.11. The van der Waals surface area contributed by atoms with E-state index in [0.717, 1.165) is 47.6 Å². The van der Waals surface area contributed by atoms with E-state index in [0.29, 0.717) is 45.6 Å². The zero-order valence-electron chi connectivity index (χ0n) is 23.3. The number of carboxylic acid groups (broad SMARTS) is 1. The van der Waals surface area contributed by atoms with E-state index in [2.05, 4.69) is 4.98 Å². The normalized spacial score (nSPS) is 13.3. The van der Waals surface area contributed by atoms with Gasteiger partial charge in [-0.25, -0.2) is 36.8 Å². The number of ether oxygens (including phenoxy) is 1. The Hall–Kier alpha value is -4.46. The highest BCUT2D eigenvalue weighted by molar-refractivity contribution is 7.89. The highest BCUT2D eigenvalue weighted by Gasteiger charge is 2.30. The second-order valence-corrected chi connectivity index (χ2v) is 13.1. The van der Waals surface area contributed by atoms with Crippen molar-refractivity contribution in [2.45, 2.75) is 37.5 Å². The van der Waals surface area contributed by atoms with Crippen LogP contribution in [0.4, 0.5) is 8.78 Å². The Morgan fingerprint density at radius 1 is 1.09 bits per heavy atom. The average Bonchev–Trinajstić information content (AvgIpc) is 3.53. The molecule has 2 aromatic heterocycles. The lowest BCUT2D eigenvalue weighted by atomic mass is 9.96. The zero-order valence-corrected chi connectivity index (χ0v) is 25.0. The third-order valence-corrected chi connectivity index (χ3v) is 9.06. The van der Waals surface area contributed by atoms with Gasteiger partial charge in [-0.3, -0.25) is 0 Å². The van der Waals surface area contributed by atoms with Gasteiger partial charge in [-0.05, 0) is 80.1 Å². The van der Waals surface area contributed by atoms with Crippen LogP contribution < -0.4 is 9.88 Å². The third-order valence-electron chi connectivity index (χ3n) is 7.30. The number of carbonyl (C=O) groups is 1. The summed E-state index contributed by atoms with van der Waals surface area (Å²) in [6.45, 7) is 1.93. The largest absolute Gasteiger partial charge is 0.476 e. The molecule has 0 atom stereocenters. The maximum atomic E-state index is 15.0. The van der Waals surface area contributed by atoms with Crippen LogP contribution >= 0.6 is 11.3 Å². The van der Waals surface area contributed by atoms with Crippen LogP contribution in [0.3, 0.4) is 0 Å². The Balaban J connectivity index is 1.50. The van der Waals surface area contributed by atoms with Gasteiger partial charge in [0.2, 0.25) is 15.2 Å². The van der Waals surface area contributed by atoms with Crippen molar-refractivity contribution < 1.29 is 31.8 Å². The minimum Gasteiger partial charge on any atom is -0.476 e. The SMILES string of the molecule is Cc1ccc(Oc2cc(-c3nn(-c4nc(C(=O)O)cs4)c(CC4CC4)c3Cc3ccc(S(N)(=O)=O)c(F)c3)ccc2F)cc1. The van der Waals surface area contributed by atoms with E-state index in [1.807, 2.05) is 19.1 Å². The van der Waals surface area contributed by atoms with Crippen LogP contribution in [0, 0.1) is 24.5 Å². The first kappa shape index (κ1) is 29.6. The molecule has 1 fully saturated rings. The van der Waals surface area contributed by atoms with Crippen LogP contribution in [0.15, 0.2) is 70.9 Å². The quantitative estimate of drug-likeness (QED) is 0.185. The molecule has 0 aliphatic heterocycles. The first-order chi connectivity index (χ1) is 21.0. The average molecular weight is 637 g/mol. The molecular weight excluding hydrogens is 610 g/mol. The number of hydrogen-bond acceptors (Lipinski definition) is 7. The summed E-state index contributed by atoms with van der Waals surface area (Å²) in [4.78, 5) is 15.2. The number of aromatic nitrogens is 3. The van der Waals surface area contributed by atoms with Crippen LogP contribution in [0.2, 0.25) is 0 Å². The maximum Gasteiger partial charge on any atom is 0.355 e. The standard InChI is InChI=1S/C31H26F2N4O5S2/c1-17-2-8-21(9-3-17)42-27-15-20(7-10-23(27)32)29-22(12-19-6-11-28(24(33)13-19)44(34,40)41)26(14-18-4-5-18)37(36-29)31-35-25(16-43-31)30(38)39/h2-3,6-11,13,15-16,18H,4-5,12,14H2,1H3,(H,38,39)(H2,34,40,41). The molecule has 0 unspecified atom stereocenters. The monoisotopic (exact) mass is 636 g/mol. The molecule has 0 amide bonds. The molecule has 226 valence electrons. The van der Waals surface area contributed by atoms with E-state index in [9.17, 15) is 27.1 Å². The fourth-order valence-electron chi connectivity index (χ4n) is 4.88. The van der Waals surface area contributed by atoms with E-state index in [1.54, 1.807) is 22.9 Å². The van der Waals surface area contributed by atoms with Gasteiger partial charge in [0.1, 0.15) is 16.5 Å². The number of aromatic carboxylic acids is 1. The molecule has 9 nitrogen and oxygen atoms in total. The van der Waals surface area contributed by atoms with Crippen LogP contribution in [0.1, 0.15) is 45.7 Å². The lowest BCUT2D eigenvalue weighted by Crippen LogP contribution is -2.14. The van der Waals surface area contributed by atoms with Crippen molar-refractivity contribution in [1.29, 1.82) is 0 Å². The summed E-state index contributed by atoms with van der Waals surface area (Å²) in [5, 5.41) is 21.2. The van der Waals surface area contributed by atoms with Crippen LogP contribution in [-0.4, -0.2) is 34.3 Å². The Labute approximate surface area is 255 Å². The number of benzene rings is 3. The molecule has 0 saturated heterocycles. The third kappa shape index (κ3) is 6.25. The molecule has 0 radical (unpaired) electrons. The van der Waals surface area contributed by atoms with Gasteiger partial charge in [0.25, 0.3) is 0 Å². The van der Waals surface area contributed by atoms with E-state index in [1.165, 1.54) is 23.6 Å². The van der Waals surface area contributed by atoms with Crippen molar-refractivity contribution in [2.24, 2.45) is 11.1 Å². The Morgan fingerprint density at radius 2 is 1.84 bits per heavy atom. The molecule has 3 N–H and O–H groups in total. The summed E-state index contributed by atoms with van der Waals surface area (Å²) >= 11 is 1.12. The predicted molar refractivity (Wildman–Crippen MR) is 160 cm³/mol. The first-order valence-corrected chi connectivity index (χ1v) is 16.0. The number of carboxylic acids is 1. The van der Waals surface area contributed by atoms with Crippen molar-refractivity contribution >= 4 is 27.3 Å². The topological polar surface area (TPSA) is 137 Å². The van der Waals surface area contributed by atoms with E-state index < -0.39 is 32.5 Å². The molecule has 1 saturated carbocycles. The smallest absolute Gasteiger partial charge is 0.355 e. The number of rotatable bonds is 10. The number of sulfonamides is 1. The number of primary sulfonamides is 1. The number of hydrogen-bond donors (Lipinski definition) is 2. The number of aryl methyl sites for hydroxylation is 1. The molecule has 5 aromatic rings. The molecule has 2 heterocycles. The molecule has 0 bridgehead atoms. The van der Waals surface area contributed by atoms with Gasteiger partial charge in [-0.2, -0.15) is 5.10 Å². The minimum atomic E-state index is -4.26. The Bertz CT molecular complexity index is 2000. The summed E-state index contributed by atoms with van der Waals surface area (Å²) in [5.41, 5.74) is 3.73. The Morgan fingerprint density at radius 3 is 2.48 bits per heavy atom. The van der Waals surface area contributed by atoms with Gasteiger partial charge in [0.15, 0.2) is 17.3 Å². The van der Waals surface area contributed by atoms with E-state index in [4.69, 9.17) is 15.0 Å². The van der Waals surface area contributed by atoms with Crippen LogP contribution in [-0.2, 0) is 22.9 Å². The van der Waals surface area contributed by atoms with Gasteiger partial charge in [0, 0.05) is 22.9 Å². The number of nitrogens with zero attached hydrogens (tertiary/aromatic N) is 3. The summed E-state index contributed by atoms with van der Waals surface area (Å²) in [6, 6.07) is 15.2. The predicted octanol–water partition coefficient (Wildman–Crippen LogP) is 6.26. The molecule has 1 aliphatic rings. The second-order valence-electron chi connectivity index (χ2n) is 10.7. The van der Waals surface area contributed by atoms with Crippen molar-refractivity contribution in [2.75, 3.05) is 0 Å². The second kappa shape index (κ2) is 11.6. The van der Waals surface area contributed by atoms with Gasteiger partial charge >= 0.3 is 5.97 Å². The van der Waals surface area contributed by atoms with Gasteiger partial charge in [0.05, 0.1) is 11.4 Å². The number of halogens is 2. The highest BCUT2D eigenvalue weighted by Crippen LogP contribution is 2.39. The highest BCUT2D eigenvalue weighted by atomic mass is 32.2. The van der Waals surface area contributed by atoms with Crippen molar-refractivity contribution in [1.82, 2.24) is 14.8 Å². The van der Waals surface area contributed by atoms with Gasteiger partial charge in [-0.1, -0.05) is 23.8 Å². The molecule has 6 rings (SSSR count). The Kier molecular flexibility index (Phi) is 7.78. The van der Waals surface area contributed by atoms with Crippen molar-refractivity contribution in [3.05, 3.63) is 106 Å². The van der Waals surface area contributed by atoms with Gasteiger partial charge in [-0.15, -0.1) is 11.3 Å². The number of nitrogens with two attached hydrogens (primary N) is 1. The van der Waals surface area contributed by atoms with Crippen molar-refractivity contribution in [3.63, 3.8) is 0 Å². The summed E-state index contributed by atoms with van der Waals surface area (Å²) in [7, 11) is -4.26. The summed E-state index contributed by atoms with van der Waals surface area (Å²) in [6.07, 6.45) is 2.74. The molecule has 1 aliphatic carbocycles. The minimum absolute atomic E-state index is 0.0263. The molecule has 0 spiro atoms. The fraction of sp³-hybridized carbons (Fsp3) is 0.194. The summed E-state index contributed by atoms with van der Waals surface area (Å²) in [5.74, 6) is -1.95. The van der Waals surface area contributed by atoms with E-state index >= 15 is 0 Å².